The second-order valence-corrected chi connectivity index (χ2v) is 12.6. The van der Waals surface area contributed by atoms with Gasteiger partial charge in [0.25, 0.3) is 11.8 Å². The number of nitrogens with two attached hydrogens (primary N) is 1. The summed E-state index contributed by atoms with van der Waals surface area (Å²) in [7, 11) is 0. The van der Waals surface area contributed by atoms with Crippen LogP contribution in [-0.2, 0) is 6.61 Å². The molecule has 3 N–H and O–H groups in total. The molecule has 0 saturated carbocycles. The monoisotopic (exact) mass is 610 g/mol. The summed E-state index contributed by atoms with van der Waals surface area (Å²) < 4.78 is 6.09. The minimum absolute atomic E-state index is 0.0727. The first kappa shape index (κ1) is 31.0. The molecule has 45 heavy (non-hydrogen) atoms. The van der Waals surface area contributed by atoms with E-state index >= 15 is 0 Å². The predicted octanol–water partition coefficient (Wildman–Crippen LogP) is 4.82. The Morgan fingerprint density at radius 3 is 2.44 bits per heavy atom. The first-order valence-corrected chi connectivity index (χ1v) is 16.6. The summed E-state index contributed by atoms with van der Waals surface area (Å²) in [5.41, 5.74) is 10.1. The zero-order valence-electron chi connectivity index (χ0n) is 26.4. The normalized spacial score (nSPS) is 19.6. The Labute approximate surface area is 266 Å². The summed E-state index contributed by atoms with van der Waals surface area (Å²) in [5, 5.41) is 3.11. The van der Waals surface area contributed by atoms with Crippen LogP contribution in [0.15, 0.2) is 60.8 Å². The van der Waals surface area contributed by atoms with Crippen molar-refractivity contribution in [2.75, 3.05) is 51.5 Å². The maximum atomic E-state index is 13.2. The molecule has 2 amide bonds. The average Bonchev–Trinajstić information content (AvgIpc) is 3.80. The lowest BCUT2D eigenvalue weighted by molar-refractivity contribution is 0.0644. The molecule has 9 nitrogen and oxygen atoms in total. The minimum atomic E-state index is -0.0727. The second-order valence-electron chi connectivity index (χ2n) is 12.6. The number of amides is 2. The van der Waals surface area contributed by atoms with Crippen LogP contribution in [0.3, 0.4) is 0 Å². The molecule has 1 atom stereocenters. The molecule has 0 aliphatic carbocycles. The number of aromatic nitrogens is 1. The molecular weight excluding hydrogens is 564 g/mol. The third-order valence-electron chi connectivity index (χ3n) is 9.74. The highest BCUT2D eigenvalue weighted by atomic mass is 16.5. The van der Waals surface area contributed by atoms with E-state index in [-0.39, 0.29) is 18.4 Å². The second kappa shape index (κ2) is 14.4. The molecule has 6 rings (SSSR count). The van der Waals surface area contributed by atoms with Crippen LogP contribution in [0.5, 0.6) is 5.75 Å². The average molecular weight is 611 g/mol. The van der Waals surface area contributed by atoms with E-state index in [2.05, 4.69) is 27.0 Å². The molecule has 4 heterocycles. The molecule has 0 spiro atoms. The van der Waals surface area contributed by atoms with Gasteiger partial charge in [-0.25, -0.2) is 4.98 Å². The number of anilines is 1. The first-order chi connectivity index (χ1) is 22.0. The van der Waals surface area contributed by atoms with Crippen molar-refractivity contribution in [1.82, 2.24) is 25.0 Å². The first-order valence-electron chi connectivity index (χ1n) is 16.6. The van der Waals surface area contributed by atoms with E-state index in [1.807, 2.05) is 59.5 Å². The zero-order chi connectivity index (χ0) is 31.2. The number of rotatable bonds is 10. The van der Waals surface area contributed by atoms with Gasteiger partial charge in [0, 0.05) is 54.6 Å². The highest BCUT2D eigenvalue weighted by Gasteiger charge is 2.29. The molecule has 3 aromatic rings. The maximum Gasteiger partial charge on any atom is 0.253 e. The number of nitrogens with one attached hydrogen (secondary N) is 1. The third kappa shape index (κ3) is 7.48. The van der Waals surface area contributed by atoms with Crippen LogP contribution in [0, 0.1) is 0 Å². The predicted molar refractivity (Wildman–Crippen MR) is 177 cm³/mol. The van der Waals surface area contributed by atoms with Crippen molar-refractivity contribution in [1.29, 1.82) is 0 Å². The molecule has 1 unspecified atom stereocenters. The molecule has 1 aromatic heterocycles. The molecular formula is C36H46N6O3. The van der Waals surface area contributed by atoms with Gasteiger partial charge in [-0.15, -0.1) is 0 Å². The highest BCUT2D eigenvalue weighted by molar-refractivity contribution is 5.95. The number of likely N-dealkylation sites (tertiary alicyclic amines) is 3. The summed E-state index contributed by atoms with van der Waals surface area (Å²) in [5.74, 6) is 0.799. The molecule has 3 fully saturated rings. The van der Waals surface area contributed by atoms with E-state index in [4.69, 9.17) is 10.5 Å². The standard InChI is InChI=1S/C36H46N6O3/c1-2-40-18-6-9-32(40)24-39-35(43)29-8-5-7-26(21-29)25-45-33-22-30(23-38-34(33)37)27-10-12-28(13-11-27)36(44)42-19-14-31(15-20-42)41-16-3-4-17-41/h5,7-8,10-13,21-23,31-32H,2-4,6,9,14-20,24-25H2,1H3,(H2,37,38)(H,39,43). The number of benzene rings is 2. The Morgan fingerprint density at radius 1 is 0.911 bits per heavy atom. The Morgan fingerprint density at radius 2 is 1.69 bits per heavy atom. The van der Waals surface area contributed by atoms with Crippen molar-refractivity contribution in [2.24, 2.45) is 0 Å². The molecule has 3 saturated heterocycles. The Balaban J connectivity index is 1.04. The lowest BCUT2D eigenvalue weighted by Gasteiger charge is -2.36. The number of hydrogen-bond acceptors (Lipinski definition) is 7. The Bertz CT molecular complexity index is 1460. The zero-order valence-corrected chi connectivity index (χ0v) is 26.4. The largest absolute Gasteiger partial charge is 0.485 e. The van der Waals surface area contributed by atoms with Crippen molar-refractivity contribution < 1.29 is 14.3 Å². The molecule has 9 heteroatoms. The van der Waals surface area contributed by atoms with Crippen LogP contribution in [-0.4, -0.2) is 89.4 Å². The lowest BCUT2D eigenvalue weighted by atomic mass is 10.0. The number of carbonyl (C=O) groups is 2. The van der Waals surface area contributed by atoms with E-state index in [1.54, 1.807) is 6.20 Å². The van der Waals surface area contributed by atoms with E-state index in [0.29, 0.717) is 41.3 Å². The van der Waals surface area contributed by atoms with E-state index in [1.165, 1.54) is 32.4 Å². The minimum Gasteiger partial charge on any atom is -0.485 e. The van der Waals surface area contributed by atoms with E-state index in [9.17, 15) is 9.59 Å². The van der Waals surface area contributed by atoms with Crippen LogP contribution >= 0.6 is 0 Å². The number of nitrogens with zero attached hydrogens (tertiary/aromatic N) is 4. The fourth-order valence-electron chi connectivity index (χ4n) is 7.08. The molecule has 2 aromatic carbocycles. The fourth-order valence-corrected chi connectivity index (χ4v) is 7.08. The van der Waals surface area contributed by atoms with Gasteiger partial charge in [-0.05, 0) is 106 Å². The summed E-state index contributed by atoms with van der Waals surface area (Å²) in [6.07, 6.45) is 8.74. The Kier molecular flexibility index (Phi) is 9.96. The number of ether oxygens (including phenoxy) is 1. The topological polar surface area (TPSA) is 104 Å². The van der Waals surface area contributed by atoms with Gasteiger partial charge in [-0.2, -0.15) is 0 Å². The molecule has 238 valence electrons. The van der Waals surface area contributed by atoms with Gasteiger partial charge >= 0.3 is 0 Å². The van der Waals surface area contributed by atoms with Crippen molar-refractivity contribution in [3.8, 4) is 16.9 Å². The van der Waals surface area contributed by atoms with E-state index < -0.39 is 0 Å². The number of hydrogen-bond donors (Lipinski definition) is 2. The molecule has 0 radical (unpaired) electrons. The van der Waals surface area contributed by atoms with Gasteiger partial charge in [-0.3, -0.25) is 14.5 Å². The molecule has 3 aliphatic rings. The highest BCUT2D eigenvalue weighted by Crippen LogP contribution is 2.29. The third-order valence-corrected chi connectivity index (χ3v) is 9.74. The lowest BCUT2D eigenvalue weighted by Crippen LogP contribution is -2.45. The van der Waals surface area contributed by atoms with Crippen LogP contribution in [0.4, 0.5) is 5.82 Å². The van der Waals surface area contributed by atoms with Crippen LogP contribution in [0.1, 0.15) is 71.7 Å². The fraction of sp³-hybridized carbons (Fsp3) is 0.472. The van der Waals surface area contributed by atoms with Gasteiger partial charge in [0.05, 0.1) is 0 Å². The maximum absolute atomic E-state index is 13.2. The van der Waals surface area contributed by atoms with Gasteiger partial charge in [0.15, 0.2) is 11.6 Å². The van der Waals surface area contributed by atoms with E-state index in [0.717, 1.165) is 62.1 Å². The molecule has 0 bridgehead atoms. The summed E-state index contributed by atoms with van der Waals surface area (Å²) in [6, 6.07) is 18.1. The number of carbonyl (C=O) groups excluding carboxylic acids is 2. The molecule has 3 aliphatic heterocycles. The van der Waals surface area contributed by atoms with Gasteiger partial charge < -0.3 is 25.6 Å². The quantitative estimate of drug-likeness (QED) is 0.339. The van der Waals surface area contributed by atoms with Crippen molar-refractivity contribution >= 4 is 17.6 Å². The number of nitrogen functional groups attached to an aromatic ring is 1. The summed E-state index contributed by atoms with van der Waals surface area (Å²) >= 11 is 0. The van der Waals surface area contributed by atoms with Gasteiger partial charge in [0.2, 0.25) is 0 Å². The van der Waals surface area contributed by atoms with Crippen molar-refractivity contribution in [3.05, 3.63) is 77.5 Å². The van der Waals surface area contributed by atoms with Crippen LogP contribution < -0.4 is 15.8 Å². The number of piperidine rings is 1. The smallest absolute Gasteiger partial charge is 0.253 e. The van der Waals surface area contributed by atoms with Crippen molar-refractivity contribution in [2.45, 2.75) is 64.1 Å². The van der Waals surface area contributed by atoms with Crippen LogP contribution in [0.25, 0.3) is 11.1 Å². The summed E-state index contributed by atoms with van der Waals surface area (Å²) in [4.78, 5) is 37.5. The van der Waals surface area contributed by atoms with Crippen molar-refractivity contribution in [3.63, 3.8) is 0 Å². The van der Waals surface area contributed by atoms with Crippen LogP contribution in [0.2, 0.25) is 0 Å². The Hall–Kier alpha value is -3.95. The SMILES string of the molecule is CCN1CCCC1CNC(=O)c1cccc(COc2cc(-c3ccc(C(=O)N4CCC(N5CCCC5)CC4)cc3)cnc2N)c1. The summed E-state index contributed by atoms with van der Waals surface area (Å²) in [6.45, 7) is 9.24. The number of likely N-dealkylation sites (N-methyl/N-ethyl adjacent to an activating group) is 1. The number of pyridine rings is 1. The van der Waals surface area contributed by atoms with Gasteiger partial charge in [0.1, 0.15) is 6.61 Å². The van der Waals surface area contributed by atoms with Gasteiger partial charge in [-0.1, -0.05) is 31.2 Å².